The molecule has 0 saturated carbocycles. The van der Waals surface area contributed by atoms with Crippen molar-refractivity contribution in [2.24, 2.45) is 0 Å². The average molecular weight is 318 g/mol. The lowest BCUT2D eigenvalue weighted by atomic mass is 10.2. The highest BCUT2D eigenvalue weighted by atomic mass is 16.7. The Kier molecular flexibility index (Phi) is 9.20. The van der Waals surface area contributed by atoms with Gasteiger partial charge >= 0.3 is 0 Å². The number of aromatic nitrogens is 2. The summed E-state index contributed by atoms with van der Waals surface area (Å²) in [5.74, 6) is 2.30. The Morgan fingerprint density at radius 2 is 1.52 bits per heavy atom. The molecule has 2 aromatic heterocycles. The Hall–Kier alpha value is -2.30. The van der Waals surface area contributed by atoms with Gasteiger partial charge in [0, 0.05) is 12.4 Å². The number of ether oxygens (including phenoxy) is 3. The lowest BCUT2D eigenvalue weighted by Crippen LogP contribution is -2.09. The van der Waals surface area contributed by atoms with Crippen LogP contribution in [0.3, 0.4) is 0 Å². The van der Waals surface area contributed by atoms with Gasteiger partial charge in [0.15, 0.2) is 5.75 Å². The Labute approximate surface area is 138 Å². The number of fused-ring (bicyclic) bond motifs is 2. The van der Waals surface area contributed by atoms with Crippen molar-refractivity contribution in [3.8, 4) is 17.4 Å². The van der Waals surface area contributed by atoms with Crippen molar-refractivity contribution in [3.05, 3.63) is 42.4 Å². The van der Waals surface area contributed by atoms with E-state index in [9.17, 15) is 0 Å². The summed E-state index contributed by atoms with van der Waals surface area (Å²) >= 11 is 0. The molecule has 0 aliphatic carbocycles. The number of rotatable bonds is 0. The van der Waals surface area contributed by atoms with Crippen LogP contribution in [0.2, 0.25) is 0 Å². The second-order valence-corrected chi connectivity index (χ2v) is 4.11. The average Bonchev–Trinajstić information content (AvgIpc) is 3.14. The van der Waals surface area contributed by atoms with Crippen molar-refractivity contribution in [1.82, 2.24) is 9.97 Å². The summed E-state index contributed by atoms with van der Waals surface area (Å²) in [5.41, 5.74) is 1.11. The van der Waals surface area contributed by atoms with E-state index < -0.39 is 0 Å². The molecule has 0 spiro atoms. The fourth-order valence-corrected chi connectivity index (χ4v) is 1.91. The zero-order valence-corrected chi connectivity index (χ0v) is 14.4. The van der Waals surface area contributed by atoms with Gasteiger partial charge in [-0.3, -0.25) is 4.98 Å². The van der Waals surface area contributed by atoms with Gasteiger partial charge in [0.2, 0.25) is 6.79 Å². The van der Waals surface area contributed by atoms with E-state index in [0.717, 1.165) is 36.6 Å². The molecule has 0 bridgehead atoms. The summed E-state index contributed by atoms with van der Waals surface area (Å²) in [7, 11) is 0. The highest BCUT2D eigenvalue weighted by Crippen LogP contribution is 2.27. The molecule has 0 radical (unpaired) electrons. The molecule has 0 unspecified atom stereocenters. The lowest BCUT2D eigenvalue weighted by Gasteiger charge is -2.14. The van der Waals surface area contributed by atoms with Gasteiger partial charge in [0.1, 0.15) is 5.75 Å². The maximum atomic E-state index is 5.36. The molecule has 0 fully saturated rings. The third kappa shape index (κ3) is 5.77. The fourth-order valence-electron chi connectivity index (χ4n) is 1.91. The standard InChI is InChI=1S/C8H9NO.C6H5NO2.2C2H6/c1-4-8-7(9-5-1)3-2-6-10-8;1-2-5-6(7-3-1)9-4-8-5;2*1-2/h1,4-5H,2-3,6H2;1-3H,4H2;2*1-2H3. The molecule has 5 heteroatoms. The highest BCUT2D eigenvalue weighted by Gasteiger charge is 2.11. The number of nitrogens with zero attached hydrogens (tertiary/aromatic N) is 2. The normalized spacial score (nSPS) is 12.7. The van der Waals surface area contributed by atoms with E-state index in [0.29, 0.717) is 12.7 Å². The van der Waals surface area contributed by atoms with Crippen LogP contribution in [-0.2, 0) is 6.42 Å². The van der Waals surface area contributed by atoms with E-state index in [1.807, 2.05) is 58.2 Å². The summed E-state index contributed by atoms with van der Waals surface area (Å²) in [6.07, 6.45) is 5.65. The number of hydrogen-bond donors (Lipinski definition) is 0. The minimum Gasteiger partial charge on any atom is -0.492 e. The molecule has 0 saturated heterocycles. The van der Waals surface area contributed by atoms with Crippen LogP contribution in [0.1, 0.15) is 39.8 Å². The number of pyridine rings is 2. The van der Waals surface area contributed by atoms with E-state index in [-0.39, 0.29) is 0 Å². The van der Waals surface area contributed by atoms with Crippen molar-refractivity contribution < 1.29 is 14.2 Å². The van der Waals surface area contributed by atoms with Crippen molar-refractivity contribution in [2.45, 2.75) is 40.5 Å². The minimum absolute atomic E-state index is 0.298. The van der Waals surface area contributed by atoms with E-state index in [4.69, 9.17) is 14.2 Å². The Bertz CT molecular complexity index is 513. The molecule has 0 amide bonds. The van der Waals surface area contributed by atoms with Gasteiger partial charge in [-0.15, -0.1) is 0 Å². The zero-order chi connectivity index (χ0) is 16.9. The third-order valence-electron chi connectivity index (χ3n) is 2.81. The van der Waals surface area contributed by atoms with Gasteiger partial charge in [-0.25, -0.2) is 4.98 Å². The molecule has 5 nitrogen and oxygen atoms in total. The van der Waals surface area contributed by atoms with Gasteiger partial charge in [-0.05, 0) is 37.1 Å². The minimum atomic E-state index is 0.298. The Morgan fingerprint density at radius 3 is 2.22 bits per heavy atom. The van der Waals surface area contributed by atoms with Crippen LogP contribution in [-0.4, -0.2) is 23.4 Å². The third-order valence-corrected chi connectivity index (χ3v) is 2.81. The second-order valence-electron chi connectivity index (χ2n) is 4.11. The van der Waals surface area contributed by atoms with Crippen LogP contribution < -0.4 is 14.2 Å². The lowest BCUT2D eigenvalue weighted by molar-refractivity contribution is 0.171. The molecule has 23 heavy (non-hydrogen) atoms. The SMILES string of the molecule is CC.CC.c1cnc2c(c1)OCCC2.c1cnc2c(c1)OCO2. The zero-order valence-electron chi connectivity index (χ0n) is 14.4. The topological polar surface area (TPSA) is 53.5 Å². The number of aryl methyl sites for hydroxylation is 1. The fraction of sp³-hybridized carbons (Fsp3) is 0.444. The van der Waals surface area contributed by atoms with E-state index in [2.05, 4.69) is 9.97 Å². The Balaban J connectivity index is 0.000000190. The quantitative estimate of drug-likeness (QED) is 0.726. The summed E-state index contributed by atoms with van der Waals surface area (Å²) in [6, 6.07) is 7.52. The van der Waals surface area contributed by atoms with Crippen LogP contribution in [0, 0.1) is 0 Å². The van der Waals surface area contributed by atoms with E-state index in [1.165, 1.54) is 0 Å². The molecule has 4 heterocycles. The van der Waals surface area contributed by atoms with E-state index in [1.54, 1.807) is 6.20 Å². The second kappa shape index (κ2) is 11.3. The molecular formula is C18H26N2O3. The Morgan fingerprint density at radius 1 is 0.826 bits per heavy atom. The predicted octanol–water partition coefficient (Wildman–Crippen LogP) is 4.27. The van der Waals surface area contributed by atoms with Crippen molar-refractivity contribution in [3.63, 3.8) is 0 Å². The van der Waals surface area contributed by atoms with Crippen molar-refractivity contribution in [1.29, 1.82) is 0 Å². The molecular weight excluding hydrogens is 292 g/mol. The van der Waals surface area contributed by atoms with Crippen LogP contribution in [0.4, 0.5) is 0 Å². The van der Waals surface area contributed by atoms with Gasteiger partial charge in [-0.2, -0.15) is 0 Å². The molecule has 0 aromatic carbocycles. The monoisotopic (exact) mass is 318 g/mol. The molecule has 2 aromatic rings. The van der Waals surface area contributed by atoms with Gasteiger partial charge in [0.05, 0.1) is 12.3 Å². The molecule has 0 N–H and O–H groups in total. The van der Waals surface area contributed by atoms with Gasteiger partial charge < -0.3 is 14.2 Å². The molecule has 2 aliphatic heterocycles. The first-order valence-corrected chi connectivity index (χ1v) is 8.21. The predicted molar refractivity (Wildman–Crippen MR) is 91.1 cm³/mol. The summed E-state index contributed by atoms with van der Waals surface area (Å²) in [4.78, 5) is 8.11. The summed E-state index contributed by atoms with van der Waals surface area (Å²) < 4.78 is 15.3. The summed E-state index contributed by atoms with van der Waals surface area (Å²) in [6.45, 7) is 9.14. The first-order chi connectivity index (χ1) is 11.4. The van der Waals surface area contributed by atoms with Crippen LogP contribution in [0.15, 0.2) is 36.7 Å². The van der Waals surface area contributed by atoms with Crippen molar-refractivity contribution >= 4 is 0 Å². The van der Waals surface area contributed by atoms with Crippen LogP contribution in [0.25, 0.3) is 0 Å². The van der Waals surface area contributed by atoms with Gasteiger partial charge in [0.25, 0.3) is 5.88 Å². The number of hydrogen-bond acceptors (Lipinski definition) is 5. The summed E-state index contributed by atoms with van der Waals surface area (Å²) in [5, 5.41) is 0. The van der Waals surface area contributed by atoms with Crippen LogP contribution in [0.5, 0.6) is 17.4 Å². The first kappa shape index (κ1) is 18.7. The largest absolute Gasteiger partial charge is 0.492 e. The smallest absolute Gasteiger partial charge is 0.260 e. The highest BCUT2D eigenvalue weighted by molar-refractivity contribution is 5.34. The first-order valence-electron chi connectivity index (χ1n) is 8.21. The molecule has 4 rings (SSSR count). The maximum Gasteiger partial charge on any atom is 0.260 e. The van der Waals surface area contributed by atoms with E-state index >= 15 is 0 Å². The van der Waals surface area contributed by atoms with Gasteiger partial charge in [-0.1, -0.05) is 27.7 Å². The molecule has 2 aliphatic rings. The maximum absolute atomic E-state index is 5.36. The molecule has 126 valence electrons. The van der Waals surface area contributed by atoms with Crippen LogP contribution >= 0.6 is 0 Å². The van der Waals surface area contributed by atoms with Crippen molar-refractivity contribution in [2.75, 3.05) is 13.4 Å². The molecule has 0 atom stereocenters.